The summed E-state index contributed by atoms with van der Waals surface area (Å²) in [5.74, 6) is -0.0707. The van der Waals surface area contributed by atoms with Gasteiger partial charge in [0.2, 0.25) is 0 Å². The maximum Gasteiger partial charge on any atom is 0.174 e. The highest BCUT2D eigenvalue weighted by Gasteiger charge is 2.35. The van der Waals surface area contributed by atoms with Crippen LogP contribution in [0.5, 0.6) is 5.75 Å². The van der Waals surface area contributed by atoms with Crippen molar-refractivity contribution in [2.45, 2.75) is 6.42 Å². The van der Waals surface area contributed by atoms with Gasteiger partial charge in [-0.2, -0.15) is 0 Å². The van der Waals surface area contributed by atoms with Crippen LogP contribution >= 0.6 is 0 Å². The van der Waals surface area contributed by atoms with Gasteiger partial charge in [-0.05, 0) is 36.2 Å². The lowest BCUT2D eigenvalue weighted by molar-refractivity contribution is 0.0822. The molecule has 0 heterocycles. The highest BCUT2D eigenvalue weighted by Crippen LogP contribution is 2.29. The van der Waals surface area contributed by atoms with Crippen molar-refractivity contribution >= 4 is 11.6 Å². The smallest absolute Gasteiger partial charge is 0.174 e. The highest BCUT2D eigenvalue weighted by atomic mass is 16.5. The van der Waals surface area contributed by atoms with Crippen LogP contribution in [0.15, 0.2) is 48.5 Å². The lowest BCUT2D eigenvalue weighted by Crippen LogP contribution is -2.20. The van der Waals surface area contributed by atoms with Crippen molar-refractivity contribution in [1.82, 2.24) is 0 Å². The monoisotopic (exact) mass is 266 g/mol. The molecule has 1 unspecified atom stereocenters. The van der Waals surface area contributed by atoms with Gasteiger partial charge >= 0.3 is 0 Å². The first-order chi connectivity index (χ1) is 9.70. The number of hydrogen-bond acceptors (Lipinski definition) is 3. The van der Waals surface area contributed by atoms with Gasteiger partial charge in [0.25, 0.3) is 0 Å². The van der Waals surface area contributed by atoms with E-state index in [4.69, 9.17) is 4.74 Å². The third-order valence-electron chi connectivity index (χ3n) is 3.71. The minimum atomic E-state index is -0.583. The zero-order valence-corrected chi connectivity index (χ0v) is 11.1. The molecule has 2 aromatic rings. The average molecular weight is 266 g/mol. The van der Waals surface area contributed by atoms with E-state index in [1.807, 2.05) is 18.2 Å². The number of carbonyl (C=O) groups excluding carboxylic acids is 2. The third kappa shape index (κ3) is 2.01. The predicted octanol–water partition coefficient (Wildman–Crippen LogP) is 2.93. The van der Waals surface area contributed by atoms with Crippen LogP contribution in [-0.4, -0.2) is 18.7 Å². The number of fused-ring (bicyclic) bond motifs is 1. The fourth-order valence-corrected chi connectivity index (χ4v) is 2.61. The van der Waals surface area contributed by atoms with Gasteiger partial charge in [-0.15, -0.1) is 0 Å². The summed E-state index contributed by atoms with van der Waals surface area (Å²) in [7, 11) is 1.58. The summed E-state index contributed by atoms with van der Waals surface area (Å²) in [5.41, 5.74) is 2.20. The fourth-order valence-electron chi connectivity index (χ4n) is 2.61. The quantitative estimate of drug-likeness (QED) is 0.633. The Morgan fingerprint density at radius 2 is 1.80 bits per heavy atom. The van der Waals surface area contributed by atoms with Crippen LogP contribution in [0, 0.1) is 5.92 Å². The van der Waals surface area contributed by atoms with Crippen LogP contribution < -0.4 is 4.74 Å². The Labute approximate surface area is 117 Å². The number of benzene rings is 2. The molecule has 0 N–H and O–H groups in total. The van der Waals surface area contributed by atoms with E-state index in [2.05, 4.69) is 0 Å². The highest BCUT2D eigenvalue weighted by molar-refractivity contribution is 6.18. The number of rotatable bonds is 3. The van der Waals surface area contributed by atoms with E-state index < -0.39 is 5.92 Å². The first-order valence-corrected chi connectivity index (χ1v) is 6.51. The van der Waals surface area contributed by atoms with Gasteiger partial charge in [0.15, 0.2) is 11.6 Å². The molecule has 0 bridgehead atoms. The lowest BCUT2D eigenvalue weighted by atomic mass is 9.94. The molecule has 0 saturated heterocycles. The second-order valence-electron chi connectivity index (χ2n) is 4.87. The second kappa shape index (κ2) is 4.93. The largest absolute Gasteiger partial charge is 0.497 e. The molecule has 2 aromatic carbocycles. The van der Waals surface area contributed by atoms with Gasteiger partial charge in [0.05, 0.1) is 13.0 Å². The summed E-state index contributed by atoms with van der Waals surface area (Å²) in [6.07, 6.45) is 0.500. The first-order valence-electron chi connectivity index (χ1n) is 6.51. The van der Waals surface area contributed by atoms with Gasteiger partial charge in [0, 0.05) is 11.1 Å². The summed E-state index contributed by atoms with van der Waals surface area (Å²) >= 11 is 0. The van der Waals surface area contributed by atoms with Crippen LogP contribution in [0.4, 0.5) is 0 Å². The lowest BCUT2D eigenvalue weighted by Gasteiger charge is -2.07. The Hall–Kier alpha value is -2.42. The minimum Gasteiger partial charge on any atom is -0.497 e. The molecule has 3 rings (SSSR count). The van der Waals surface area contributed by atoms with Crippen LogP contribution in [0.25, 0.3) is 0 Å². The van der Waals surface area contributed by atoms with E-state index in [0.717, 1.165) is 5.56 Å². The Morgan fingerprint density at radius 3 is 2.45 bits per heavy atom. The minimum absolute atomic E-state index is 0.0681. The third-order valence-corrected chi connectivity index (χ3v) is 3.71. The van der Waals surface area contributed by atoms with E-state index >= 15 is 0 Å². The summed E-state index contributed by atoms with van der Waals surface area (Å²) in [4.78, 5) is 24.8. The van der Waals surface area contributed by atoms with Crippen molar-refractivity contribution < 1.29 is 14.3 Å². The van der Waals surface area contributed by atoms with Crippen molar-refractivity contribution in [3.05, 3.63) is 65.2 Å². The van der Waals surface area contributed by atoms with Gasteiger partial charge in [-0.3, -0.25) is 9.59 Å². The molecule has 1 aliphatic carbocycles. The zero-order valence-electron chi connectivity index (χ0n) is 11.1. The molecule has 3 nitrogen and oxygen atoms in total. The number of methoxy groups -OCH3 is 1. The fraction of sp³-hybridized carbons (Fsp3) is 0.176. The summed E-state index contributed by atoms with van der Waals surface area (Å²) in [5, 5.41) is 0. The van der Waals surface area contributed by atoms with E-state index in [-0.39, 0.29) is 11.6 Å². The van der Waals surface area contributed by atoms with Crippen LogP contribution in [0.3, 0.4) is 0 Å². The molecule has 1 aliphatic rings. The standard InChI is InChI=1S/C17H14O3/c1-20-13-8-6-11(7-9-13)16(18)15-10-12-4-2-3-5-14(12)17(15)19/h2-9,15H,10H2,1H3. The first kappa shape index (κ1) is 12.6. The van der Waals surface area contributed by atoms with Crippen molar-refractivity contribution in [3.8, 4) is 5.75 Å². The molecule has 0 aromatic heterocycles. The molecule has 0 amide bonds. The van der Waals surface area contributed by atoms with Crippen LogP contribution in [0.1, 0.15) is 26.3 Å². The zero-order chi connectivity index (χ0) is 14.1. The van der Waals surface area contributed by atoms with E-state index in [0.29, 0.717) is 23.3 Å². The Kier molecular flexibility index (Phi) is 3.11. The van der Waals surface area contributed by atoms with E-state index in [9.17, 15) is 9.59 Å². The Morgan fingerprint density at radius 1 is 1.10 bits per heavy atom. The van der Waals surface area contributed by atoms with Gasteiger partial charge in [0.1, 0.15) is 5.75 Å². The maximum atomic E-state index is 12.5. The van der Waals surface area contributed by atoms with E-state index in [1.54, 1.807) is 37.4 Å². The predicted molar refractivity (Wildman–Crippen MR) is 75.3 cm³/mol. The number of ketones is 2. The van der Waals surface area contributed by atoms with Crippen LogP contribution in [0.2, 0.25) is 0 Å². The topological polar surface area (TPSA) is 43.4 Å². The van der Waals surface area contributed by atoms with E-state index in [1.165, 1.54) is 0 Å². The molecule has 0 saturated carbocycles. The molecule has 0 spiro atoms. The summed E-state index contributed by atoms with van der Waals surface area (Å²) < 4.78 is 5.07. The summed E-state index contributed by atoms with van der Waals surface area (Å²) in [6, 6.07) is 14.3. The molecule has 1 atom stereocenters. The molecular weight excluding hydrogens is 252 g/mol. The van der Waals surface area contributed by atoms with Crippen molar-refractivity contribution in [2.75, 3.05) is 7.11 Å². The Bertz CT molecular complexity index is 671. The summed E-state index contributed by atoms with van der Waals surface area (Å²) in [6.45, 7) is 0. The molecule has 100 valence electrons. The van der Waals surface area contributed by atoms with Gasteiger partial charge in [-0.1, -0.05) is 24.3 Å². The van der Waals surface area contributed by atoms with Crippen molar-refractivity contribution in [3.63, 3.8) is 0 Å². The number of ether oxygens (including phenoxy) is 1. The molecule has 0 radical (unpaired) electrons. The molecule has 0 aliphatic heterocycles. The molecule has 20 heavy (non-hydrogen) atoms. The van der Waals surface area contributed by atoms with Crippen molar-refractivity contribution in [2.24, 2.45) is 5.92 Å². The SMILES string of the molecule is COc1ccc(C(=O)C2Cc3ccccc3C2=O)cc1. The second-order valence-corrected chi connectivity index (χ2v) is 4.87. The molecular formula is C17H14O3. The van der Waals surface area contributed by atoms with Gasteiger partial charge < -0.3 is 4.74 Å². The molecule has 0 fully saturated rings. The Balaban J connectivity index is 1.87. The van der Waals surface area contributed by atoms with Gasteiger partial charge in [-0.25, -0.2) is 0 Å². The number of Topliss-reactive ketones (excluding diaryl/α,β-unsaturated/α-hetero) is 2. The number of carbonyl (C=O) groups is 2. The molecule has 3 heteroatoms. The van der Waals surface area contributed by atoms with Crippen LogP contribution in [-0.2, 0) is 6.42 Å². The number of hydrogen-bond donors (Lipinski definition) is 0. The average Bonchev–Trinajstić information content (AvgIpc) is 2.84. The normalized spacial score (nSPS) is 16.9. The maximum absolute atomic E-state index is 12.5. The van der Waals surface area contributed by atoms with Crippen molar-refractivity contribution in [1.29, 1.82) is 0 Å².